The van der Waals surface area contributed by atoms with Crippen molar-refractivity contribution in [2.24, 2.45) is 5.10 Å². The number of rotatable bonds is 9. The van der Waals surface area contributed by atoms with Crippen LogP contribution in [0.1, 0.15) is 16.7 Å². The fraction of sp³-hybridized carbons (Fsp3) is 0.0909. The molecule has 0 atom stereocenters. The molecule has 0 spiro atoms. The van der Waals surface area contributed by atoms with Gasteiger partial charge in [-0.15, -0.1) is 0 Å². The maximum atomic E-state index is 12.1. The number of carbonyl (C=O) groups excluding carboxylic acids is 1. The SMILES string of the molecule is O=C(Cc1ccc([N+](=O)[O-])cc1[N+](=O)[O-])NN=Cc1ccc(OCc2ccccc2)cc1. The number of nitrogens with one attached hydrogen (secondary N) is 1. The number of amides is 1. The third kappa shape index (κ3) is 6.20. The minimum Gasteiger partial charge on any atom is -0.489 e. The highest BCUT2D eigenvalue weighted by Crippen LogP contribution is 2.25. The van der Waals surface area contributed by atoms with Crippen LogP contribution in [0.4, 0.5) is 11.4 Å². The molecular formula is C22H18N4O6. The standard InChI is InChI=1S/C22H18N4O6/c27-22(12-18-8-9-19(25(28)29)13-21(18)26(30)31)24-23-14-16-6-10-20(11-7-16)32-15-17-4-2-1-3-5-17/h1-11,13-14H,12,15H2,(H,24,27). The van der Waals surface area contributed by atoms with Crippen LogP contribution in [-0.4, -0.2) is 22.0 Å². The summed E-state index contributed by atoms with van der Waals surface area (Å²) in [6, 6.07) is 19.9. The van der Waals surface area contributed by atoms with Crippen LogP contribution in [0, 0.1) is 20.2 Å². The van der Waals surface area contributed by atoms with Gasteiger partial charge < -0.3 is 4.74 Å². The van der Waals surface area contributed by atoms with Gasteiger partial charge in [-0.25, -0.2) is 5.43 Å². The minimum atomic E-state index is -0.764. The number of nitro groups is 2. The summed E-state index contributed by atoms with van der Waals surface area (Å²) in [6.45, 7) is 0.444. The summed E-state index contributed by atoms with van der Waals surface area (Å²) in [5, 5.41) is 25.8. The van der Waals surface area contributed by atoms with Crippen LogP contribution >= 0.6 is 0 Å². The van der Waals surface area contributed by atoms with Crippen molar-refractivity contribution >= 4 is 23.5 Å². The Morgan fingerprint density at radius 3 is 2.34 bits per heavy atom. The molecular weight excluding hydrogens is 416 g/mol. The minimum absolute atomic E-state index is 0.0493. The number of non-ortho nitro benzene ring substituents is 1. The fourth-order valence-electron chi connectivity index (χ4n) is 2.77. The average molecular weight is 434 g/mol. The molecule has 1 N–H and O–H groups in total. The Morgan fingerprint density at radius 1 is 0.969 bits per heavy atom. The second-order valence-corrected chi connectivity index (χ2v) is 6.64. The van der Waals surface area contributed by atoms with E-state index in [9.17, 15) is 25.0 Å². The predicted molar refractivity (Wildman–Crippen MR) is 116 cm³/mol. The molecule has 0 aromatic heterocycles. The first kappa shape index (κ1) is 22.1. The second-order valence-electron chi connectivity index (χ2n) is 6.64. The number of ether oxygens (including phenoxy) is 1. The quantitative estimate of drug-likeness (QED) is 0.309. The number of nitro benzene ring substituents is 2. The zero-order chi connectivity index (χ0) is 22.9. The molecule has 0 unspecified atom stereocenters. The summed E-state index contributed by atoms with van der Waals surface area (Å²) in [5.74, 6) is 0.0848. The molecule has 3 rings (SSSR count). The van der Waals surface area contributed by atoms with Crippen LogP contribution in [0.2, 0.25) is 0 Å². The van der Waals surface area contributed by atoms with Crippen LogP contribution < -0.4 is 10.2 Å². The lowest BCUT2D eigenvalue weighted by Crippen LogP contribution is -2.20. The molecule has 0 radical (unpaired) electrons. The van der Waals surface area contributed by atoms with Gasteiger partial charge in [-0.1, -0.05) is 30.3 Å². The maximum Gasteiger partial charge on any atom is 0.279 e. The first-order valence-corrected chi connectivity index (χ1v) is 9.43. The summed E-state index contributed by atoms with van der Waals surface area (Å²) < 4.78 is 5.70. The van der Waals surface area contributed by atoms with Crippen molar-refractivity contribution < 1.29 is 19.4 Å². The van der Waals surface area contributed by atoms with Crippen molar-refractivity contribution in [2.45, 2.75) is 13.0 Å². The van der Waals surface area contributed by atoms with E-state index in [1.807, 2.05) is 30.3 Å². The van der Waals surface area contributed by atoms with Gasteiger partial charge in [0.05, 0.1) is 28.5 Å². The van der Waals surface area contributed by atoms with E-state index in [1.54, 1.807) is 24.3 Å². The molecule has 3 aromatic rings. The van der Waals surface area contributed by atoms with Crippen molar-refractivity contribution in [2.75, 3.05) is 0 Å². The number of nitrogens with zero attached hydrogens (tertiary/aromatic N) is 3. The molecule has 32 heavy (non-hydrogen) atoms. The summed E-state index contributed by atoms with van der Waals surface area (Å²) in [4.78, 5) is 32.5. The van der Waals surface area contributed by atoms with Gasteiger partial charge >= 0.3 is 0 Å². The van der Waals surface area contributed by atoms with Crippen LogP contribution in [0.25, 0.3) is 0 Å². The Kier molecular flexibility index (Phi) is 7.20. The number of hydrazone groups is 1. The van der Waals surface area contributed by atoms with Crippen molar-refractivity contribution in [3.8, 4) is 5.75 Å². The van der Waals surface area contributed by atoms with Crippen molar-refractivity contribution in [3.05, 3.63) is 110 Å². The molecule has 0 saturated heterocycles. The Labute approximate surface area is 182 Å². The molecule has 0 aliphatic carbocycles. The van der Waals surface area contributed by atoms with Gasteiger partial charge in [-0.2, -0.15) is 5.10 Å². The predicted octanol–water partition coefficient (Wildman–Crippen LogP) is 3.77. The van der Waals surface area contributed by atoms with Crippen LogP contribution in [0.15, 0.2) is 77.9 Å². The monoisotopic (exact) mass is 434 g/mol. The van der Waals surface area contributed by atoms with E-state index in [0.29, 0.717) is 17.9 Å². The number of hydrogen-bond acceptors (Lipinski definition) is 7. The second kappa shape index (κ2) is 10.4. The number of carbonyl (C=O) groups is 1. The highest BCUT2D eigenvalue weighted by atomic mass is 16.6. The first-order valence-electron chi connectivity index (χ1n) is 9.43. The Morgan fingerprint density at radius 2 is 1.69 bits per heavy atom. The molecule has 1 amide bonds. The van der Waals surface area contributed by atoms with E-state index < -0.39 is 27.1 Å². The van der Waals surface area contributed by atoms with Gasteiger partial charge in [0, 0.05) is 11.6 Å². The number of benzene rings is 3. The highest BCUT2D eigenvalue weighted by molar-refractivity contribution is 5.84. The van der Waals surface area contributed by atoms with Gasteiger partial charge in [-0.05, 0) is 41.5 Å². The zero-order valence-corrected chi connectivity index (χ0v) is 16.7. The number of hydrogen-bond donors (Lipinski definition) is 1. The van der Waals surface area contributed by atoms with E-state index in [1.165, 1.54) is 12.3 Å². The van der Waals surface area contributed by atoms with Crippen LogP contribution in [-0.2, 0) is 17.8 Å². The summed E-state index contributed by atoms with van der Waals surface area (Å²) in [7, 11) is 0. The average Bonchev–Trinajstić information content (AvgIpc) is 2.79. The van der Waals surface area contributed by atoms with E-state index >= 15 is 0 Å². The van der Waals surface area contributed by atoms with E-state index in [2.05, 4.69) is 10.5 Å². The van der Waals surface area contributed by atoms with E-state index in [4.69, 9.17) is 4.74 Å². The molecule has 0 aliphatic heterocycles. The molecule has 0 heterocycles. The smallest absolute Gasteiger partial charge is 0.279 e. The Bertz CT molecular complexity index is 1150. The molecule has 0 saturated carbocycles. The lowest BCUT2D eigenvalue weighted by atomic mass is 10.1. The van der Waals surface area contributed by atoms with Crippen molar-refractivity contribution in [1.82, 2.24) is 5.43 Å². The lowest BCUT2D eigenvalue weighted by molar-refractivity contribution is -0.394. The van der Waals surface area contributed by atoms with Crippen LogP contribution in [0.5, 0.6) is 5.75 Å². The third-order valence-electron chi connectivity index (χ3n) is 4.36. The molecule has 0 aliphatic rings. The molecule has 0 bridgehead atoms. The van der Waals surface area contributed by atoms with Gasteiger partial charge in [0.25, 0.3) is 11.4 Å². The zero-order valence-electron chi connectivity index (χ0n) is 16.7. The van der Waals surface area contributed by atoms with E-state index in [0.717, 1.165) is 17.7 Å². The fourth-order valence-corrected chi connectivity index (χ4v) is 2.77. The maximum absolute atomic E-state index is 12.1. The van der Waals surface area contributed by atoms with Gasteiger partial charge in [0.2, 0.25) is 5.91 Å². The summed E-state index contributed by atoms with van der Waals surface area (Å²) in [6.07, 6.45) is 1.07. The highest BCUT2D eigenvalue weighted by Gasteiger charge is 2.20. The Balaban J connectivity index is 1.54. The third-order valence-corrected chi connectivity index (χ3v) is 4.36. The van der Waals surface area contributed by atoms with Crippen LogP contribution in [0.3, 0.4) is 0 Å². The molecule has 3 aromatic carbocycles. The summed E-state index contributed by atoms with van der Waals surface area (Å²) >= 11 is 0. The first-order chi connectivity index (χ1) is 15.4. The Hall–Kier alpha value is -4.60. The molecule has 162 valence electrons. The largest absolute Gasteiger partial charge is 0.489 e. The summed E-state index contributed by atoms with van der Waals surface area (Å²) in [5.41, 5.74) is 3.18. The lowest BCUT2D eigenvalue weighted by Gasteiger charge is -2.06. The molecule has 10 nitrogen and oxygen atoms in total. The van der Waals surface area contributed by atoms with Gasteiger partial charge in [0.15, 0.2) is 0 Å². The topological polar surface area (TPSA) is 137 Å². The van der Waals surface area contributed by atoms with Crippen molar-refractivity contribution in [1.29, 1.82) is 0 Å². The normalized spacial score (nSPS) is 10.6. The molecule has 10 heteroatoms. The van der Waals surface area contributed by atoms with Crippen molar-refractivity contribution in [3.63, 3.8) is 0 Å². The van der Waals surface area contributed by atoms with Gasteiger partial charge in [-0.3, -0.25) is 25.0 Å². The van der Waals surface area contributed by atoms with Gasteiger partial charge in [0.1, 0.15) is 12.4 Å². The molecule has 0 fully saturated rings. The van der Waals surface area contributed by atoms with E-state index in [-0.39, 0.29) is 12.0 Å².